The molecule has 22 heavy (non-hydrogen) atoms. The first-order valence-electron chi connectivity index (χ1n) is 7.64. The summed E-state index contributed by atoms with van der Waals surface area (Å²) in [6.07, 6.45) is 2.20. The molecule has 1 aromatic carbocycles. The van der Waals surface area contributed by atoms with E-state index in [1.807, 2.05) is 37.2 Å². The van der Waals surface area contributed by atoms with Crippen LogP contribution in [0.1, 0.15) is 23.6 Å². The minimum atomic E-state index is 0.652. The number of fused-ring (bicyclic) bond motifs is 1. The largest absolute Gasteiger partial charge is 0.349 e. The van der Waals surface area contributed by atoms with E-state index in [1.165, 1.54) is 12.0 Å². The fourth-order valence-electron chi connectivity index (χ4n) is 2.60. The number of hydrogen-bond donors (Lipinski definition) is 1. The van der Waals surface area contributed by atoms with Gasteiger partial charge in [-0.2, -0.15) is 0 Å². The lowest BCUT2D eigenvalue weighted by molar-refractivity contribution is 0.568. The lowest BCUT2D eigenvalue weighted by Crippen LogP contribution is -2.36. The van der Waals surface area contributed by atoms with Gasteiger partial charge < -0.3 is 14.8 Å². The van der Waals surface area contributed by atoms with E-state index < -0.39 is 0 Å². The number of aryl methyl sites for hydroxylation is 1. The molecule has 6 heteroatoms. The van der Waals surface area contributed by atoms with E-state index in [4.69, 9.17) is 0 Å². The van der Waals surface area contributed by atoms with E-state index in [9.17, 15) is 0 Å². The van der Waals surface area contributed by atoms with Gasteiger partial charge in [0.2, 0.25) is 0 Å². The third kappa shape index (κ3) is 3.27. The van der Waals surface area contributed by atoms with Crippen molar-refractivity contribution in [2.24, 2.45) is 4.99 Å². The fraction of sp³-hybridized carbons (Fsp3) is 0.438. The van der Waals surface area contributed by atoms with Gasteiger partial charge in [-0.25, -0.2) is 4.99 Å². The molecule has 2 heterocycles. The lowest BCUT2D eigenvalue weighted by atomic mass is 10.2. The Hall–Kier alpha value is -2.37. The Bertz CT molecular complexity index is 644. The van der Waals surface area contributed by atoms with Crippen LogP contribution >= 0.6 is 0 Å². The van der Waals surface area contributed by atoms with Crippen LogP contribution in [0.3, 0.4) is 0 Å². The smallest absolute Gasteiger partial charge is 0.194 e. The molecule has 0 fully saturated rings. The van der Waals surface area contributed by atoms with Gasteiger partial charge >= 0.3 is 0 Å². The van der Waals surface area contributed by atoms with Crippen molar-refractivity contribution < 1.29 is 0 Å². The monoisotopic (exact) mass is 298 g/mol. The quantitative estimate of drug-likeness (QED) is 0.685. The van der Waals surface area contributed by atoms with Crippen LogP contribution in [-0.4, -0.2) is 39.7 Å². The lowest BCUT2D eigenvalue weighted by Gasteiger charge is -2.17. The molecule has 2 aromatic rings. The first-order valence-corrected chi connectivity index (χ1v) is 7.64. The van der Waals surface area contributed by atoms with Crippen molar-refractivity contribution in [1.82, 2.24) is 25.0 Å². The summed E-state index contributed by atoms with van der Waals surface area (Å²) in [5, 5.41) is 11.9. The molecule has 0 radical (unpaired) electrons. The second kappa shape index (κ2) is 6.60. The Balaban J connectivity index is 1.64. The maximum atomic E-state index is 4.66. The first kappa shape index (κ1) is 14.6. The fourth-order valence-corrected chi connectivity index (χ4v) is 2.60. The van der Waals surface area contributed by atoms with Crippen molar-refractivity contribution in [2.75, 3.05) is 14.1 Å². The Labute approximate surface area is 130 Å². The van der Waals surface area contributed by atoms with Crippen LogP contribution in [0, 0.1) is 0 Å². The van der Waals surface area contributed by atoms with Gasteiger partial charge in [0.05, 0.1) is 13.1 Å². The molecule has 3 rings (SSSR count). The summed E-state index contributed by atoms with van der Waals surface area (Å²) in [7, 11) is 3.98. The number of guanidine groups is 1. The highest BCUT2D eigenvalue weighted by Gasteiger charge is 2.17. The Morgan fingerprint density at radius 2 is 2.09 bits per heavy atom. The molecule has 0 saturated carbocycles. The number of hydrogen-bond acceptors (Lipinski definition) is 3. The molecule has 0 spiro atoms. The van der Waals surface area contributed by atoms with Gasteiger partial charge in [-0.15, -0.1) is 10.2 Å². The summed E-state index contributed by atoms with van der Waals surface area (Å²) in [5.41, 5.74) is 1.20. The second-order valence-corrected chi connectivity index (χ2v) is 5.66. The molecule has 116 valence electrons. The van der Waals surface area contributed by atoms with Gasteiger partial charge in [-0.05, 0) is 12.0 Å². The Morgan fingerprint density at radius 1 is 1.27 bits per heavy atom. The first-order chi connectivity index (χ1) is 10.7. The number of nitrogens with one attached hydrogen (secondary N) is 1. The molecule has 1 aromatic heterocycles. The number of benzene rings is 1. The SMILES string of the molecule is CN(C)C(=NCc1ccccc1)NCc1nnc2n1CCC2. The number of rotatable bonds is 4. The zero-order valence-electron chi connectivity index (χ0n) is 13.2. The minimum absolute atomic E-state index is 0.652. The van der Waals surface area contributed by atoms with Gasteiger partial charge in [-0.3, -0.25) is 0 Å². The summed E-state index contributed by atoms with van der Waals surface area (Å²) >= 11 is 0. The molecular formula is C16H22N6. The van der Waals surface area contributed by atoms with E-state index >= 15 is 0 Å². The van der Waals surface area contributed by atoms with Crippen LogP contribution < -0.4 is 5.32 Å². The van der Waals surface area contributed by atoms with Crippen molar-refractivity contribution >= 4 is 5.96 Å². The van der Waals surface area contributed by atoms with E-state index in [0.29, 0.717) is 13.1 Å². The van der Waals surface area contributed by atoms with Crippen molar-refractivity contribution in [3.8, 4) is 0 Å². The number of aromatic nitrogens is 3. The average Bonchev–Trinajstić information content (AvgIpc) is 3.12. The molecule has 0 saturated heterocycles. The van der Waals surface area contributed by atoms with Crippen LogP contribution in [0.15, 0.2) is 35.3 Å². The van der Waals surface area contributed by atoms with E-state index in [1.54, 1.807) is 0 Å². The molecule has 6 nitrogen and oxygen atoms in total. The van der Waals surface area contributed by atoms with Gasteiger partial charge in [0.25, 0.3) is 0 Å². The van der Waals surface area contributed by atoms with Crippen molar-refractivity contribution in [2.45, 2.75) is 32.5 Å². The number of nitrogens with zero attached hydrogens (tertiary/aromatic N) is 5. The standard InChI is InChI=1S/C16H22N6/c1-21(2)16(17-11-13-7-4-3-5-8-13)18-12-15-20-19-14-9-6-10-22(14)15/h3-5,7-8H,6,9-12H2,1-2H3,(H,17,18). The van der Waals surface area contributed by atoms with E-state index in [0.717, 1.165) is 30.6 Å². The van der Waals surface area contributed by atoms with Gasteiger partial charge in [0.15, 0.2) is 11.8 Å². The molecule has 0 aliphatic carbocycles. The molecule has 1 aliphatic heterocycles. The highest BCUT2D eigenvalue weighted by atomic mass is 15.3. The Kier molecular flexibility index (Phi) is 4.37. The van der Waals surface area contributed by atoms with Crippen LogP contribution in [0.2, 0.25) is 0 Å². The average molecular weight is 298 g/mol. The van der Waals surface area contributed by atoms with Crippen LogP contribution in [-0.2, 0) is 26.1 Å². The summed E-state index contributed by atoms with van der Waals surface area (Å²) < 4.78 is 2.21. The predicted octanol–water partition coefficient (Wildman–Crippen LogP) is 1.43. The van der Waals surface area contributed by atoms with Crippen molar-refractivity contribution in [3.05, 3.63) is 47.5 Å². The third-order valence-electron chi connectivity index (χ3n) is 3.77. The van der Waals surface area contributed by atoms with E-state index in [2.05, 4.69) is 37.2 Å². The highest BCUT2D eigenvalue weighted by molar-refractivity contribution is 5.79. The topological polar surface area (TPSA) is 58.3 Å². The zero-order valence-corrected chi connectivity index (χ0v) is 13.2. The normalized spacial score (nSPS) is 14.0. The van der Waals surface area contributed by atoms with E-state index in [-0.39, 0.29) is 0 Å². The van der Waals surface area contributed by atoms with Crippen LogP contribution in [0.25, 0.3) is 0 Å². The van der Waals surface area contributed by atoms with Crippen molar-refractivity contribution in [3.63, 3.8) is 0 Å². The Morgan fingerprint density at radius 3 is 2.86 bits per heavy atom. The number of aliphatic imine (C=N–C) groups is 1. The molecule has 0 bridgehead atoms. The highest BCUT2D eigenvalue weighted by Crippen LogP contribution is 2.13. The molecule has 0 unspecified atom stereocenters. The summed E-state index contributed by atoms with van der Waals surface area (Å²) in [6.45, 7) is 2.34. The van der Waals surface area contributed by atoms with Crippen LogP contribution in [0.5, 0.6) is 0 Å². The van der Waals surface area contributed by atoms with Crippen molar-refractivity contribution in [1.29, 1.82) is 0 Å². The molecule has 1 aliphatic rings. The zero-order chi connectivity index (χ0) is 15.4. The maximum absolute atomic E-state index is 4.66. The van der Waals surface area contributed by atoms with Gasteiger partial charge in [-0.1, -0.05) is 30.3 Å². The maximum Gasteiger partial charge on any atom is 0.194 e. The summed E-state index contributed by atoms with van der Waals surface area (Å²) in [4.78, 5) is 6.65. The summed E-state index contributed by atoms with van der Waals surface area (Å²) in [6, 6.07) is 10.3. The summed E-state index contributed by atoms with van der Waals surface area (Å²) in [5.74, 6) is 2.95. The predicted molar refractivity (Wildman–Crippen MR) is 86.5 cm³/mol. The minimum Gasteiger partial charge on any atom is -0.349 e. The van der Waals surface area contributed by atoms with Crippen LogP contribution in [0.4, 0.5) is 0 Å². The van der Waals surface area contributed by atoms with Gasteiger partial charge in [0.1, 0.15) is 5.82 Å². The van der Waals surface area contributed by atoms with Gasteiger partial charge in [0, 0.05) is 27.1 Å². The molecule has 0 atom stereocenters. The molecule has 0 amide bonds. The molecule has 1 N–H and O–H groups in total. The molecular weight excluding hydrogens is 276 g/mol. The third-order valence-corrected chi connectivity index (χ3v) is 3.77. The second-order valence-electron chi connectivity index (χ2n) is 5.66.